The van der Waals surface area contributed by atoms with Crippen LogP contribution in [0.1, 0.15) is 12.8 Å². The number of allylic oxidation sites excluding steroid dienone is 2. The first-order chi connectivity index (χ1) is 5.47. The third-order valence-corrected chi connectivity index (χ3v) is 3.23. The Bertz CT molecular complexity index is 166. The van der Waals surface area contributed by atoms with E-state index in [0.717, 1.165) is 0 Å². The van der Waals surface area contributed by atoms with Crippen molar-refractivity contribution in [3.63, 3.8) is 0 Å². The van der Waals surface area contributed by atoms with Gasteiger partial charge in [-0.1, -0.05) is 12.2 Å². The summed E-state index contributed by atoms with van der Waals surface area (Å²) < 4.78 is 0. The Morgan fingerprint density at radius 1 is 1.36 bits per heavy atom. The Balaban J connectivity index is 2.07. The van der Waals surface area contributed by atoms with Gasteiger partial charge in [0.25, 0.3) is 0 Å². The van der Waals surface area contributed by atoms with Gasteiger partial charge >= 0.3 is 0 Å². The highest BCUT2D eigenvalue weighted by Gasteiger charge is 2.16. The summed E-state index contributed by atoms with van der Waals surface area (Å²) in [6.45, 7) is 0. The molecule has 1 fully saturated rings. The highest BCUT2D eigenvalue weighted by Crippen LogP contribution is 2.22. The number of fused-ring (bicyclic) bond motifs is 1. The molecule has 2 heterocycles. The Morgan fingerprint density at radius 2 is 2.36 bits per heavy atom. The van der Waals surface area contributed by atoms with E-state index in [9.17, 15) is 0 Å². The molecule has 1 unspecified atom stereocenters. The van der Waals surface area contributed by atoms with Crippen LogP contribution in [0.5, 0.6) is 0 Å². The predicted molar refractivity (Wildman–Crippen MR) is 50.5 cm³/mol. The Hall–Kier alpha value is -0.370. The first kappa shape index (κ1) is 7.29. The quantitative estimate of drug-likeness (QED) is 0.544. The lowest BCUT2D eigenvalue weighted by Gasteiger charge is -2.27. The number of hydrogen-bond acceptors (Lipinski definition) is 2. The Morgan fingerprint density at radius 3 is 3.36 bits per heavy atom. The molecule has 1 atom stereocenters. The van der Waals surface area contributed by atoms with E-state index in [4.69, 9.17) is 0 Å². The maximum atomic E-state index is 2.43. The van der Waals surface area contributed by atoms with E-state index >= 15 is 0 Å². The molecular formula is C9H13NS. The zero-order chi connectivity index (χ0) is 7.52. The van der Waals surface area contributed by atoms with Gasteiger partial charge in [-0.15, -0.1) is 11.8 Å². The molecule has 0 amide bonds. The minimum atomic E-state index is 0.690. The summed E-state index contributed by atoms with van der Waals surface area (Å²) in [5, 5.41) is 0. The Kier molecular flexibility index (Phi) is 2.22. The average Bonchev–Trinajstić information content (AvgIpc) is 2.28. The van der Waals surface area contributed by atoms with Gasteiger partial charge in [0.15, 0.2) is 0 Å². The maximum absolute atomic E-state index is 2.43. The van der Waals surface area contributed by atoms with Crippen LogP contribution in [0, 0.1) is 0 Å². The molecule has 0 N–H and O–H groups in total. The third-order valence-electron chi connectivity index (χ3n) is 2.18. The fraction of sp³-hybridized carbons (Fsp3) is 0.556. The monoisotopic (exact) mass is 167 g/mol. The molecule has 2 rings (SSSR count). The minimum Gasteiger partial charge on any atom is -0.362 e. The molecule has 11 heavy (non-hydrogen) atoms. The maximum Gasteiger partial charge on any atom is 0.0640 e. The Labute approximate surface area is 72.2 Å². The van der Waals surface area contributed by atoms with Gasteiger partial charge < -0.3 is 4.90 Å². The van der Waals surface area contributed by atoms with Gasteiger partial charge in [-0.3, -0.25) is 0 Å². The number of thioether (sulfide) groups is 1. The normalized spacial score (nSPS) is 29.8. The van der Waals surface area contributed by atoms with Crippen molar-refractivity contribution in [2.75, 3.05) is 11.6 Å². The topological polar surface area (TPSA) is 3.24 Å². The van der Waals surface area contributed by atoms with Crippen LogP contribution in [0.25, 0.3) is 0 Å². The van der Waals surface area contributed by atoms with Crippen LogP contribution in [0.2, 0.25) is 0 Å². The smallest absolute Gasteiger partial charge is 0.0640 e. The van der Waals surface area contributed by atoms with Crippen molar-refractivity contribution < 1.29 is 0 Å². The SMILES string of the molecule is C1=CC2CCCSCN2C=C1. The molecule has 0 aromatic carbocycles. The highest BCUT2D eigenvalue weighted by molar-refractivity contribution is 7.99. The van der Waals surface area contributed by atoms with E-state index in [1.54, 1.807) is 0 Å². The summed E-state index contributed by atoms with van der Waals surface area (Å²) in [6.07, 6.45) is 11.5. The van der Waals surface area contributed by atoms with Crippen molar-refractivity contribution in [3.05, 3.63) is 24.4 Å². The van der Waals surface area contributed by atoms with E-state index in [1.165, 1.54) is 24.5 Å². The van der Waals surface area contributed by atoms with Crippen molar-refractivity contribution in [2.24, 2.45) is 0 Å². The van der Waals surface area contributed by atoms with E-state index in [-0.39, 0.29) is 0 Å². The molecule has 0 saturated carbocycles. The van der Waals surface area contributed by atoms with E-state index in [1.807, 2.05) is 11.8 Å². The molecule has 0 bridgehead atoms. The fourth-order valence-corrected chi connectivity index (χ4v) is 2.53. The summed E-state index contributed by atoms with van der Waals surface area (Å²) in [6, 6.07) is 0.690. The lowest BCUT2D eigenvalue weighted by molar-refractivity contribution is 0.354. The fourth-order valence-electron chi connectivity index (χ4n) is 1.54. The molecule has 60 valence electrons. The van der Waals surface area contributed by atoms with Crippen molar-refractivity contribution >= 4 is 11.8 Å². The van der Waals surface area contributed by atoms with E-state index in [2.05, 4.69) is 29.3 Å². The summed E-state index contributed by atoms with van der Waals surface area (Å²) in [4.78, 5) is 2.43. The molecule has 2 aliphatic heterocycles. The lowest BCUT2D eigenvalue weighted by Crippen LogP contribution is -2.28. The van der Waals surface area contributed by atoms with Crippen molar-refractivity contribution in [3.8, 4) is 0 Å². The van der Waals surface area contributed by atoms with Gasteiger partial charge in [-0.25, -0.2) is 0 Å². The number of rotatable bonds is 0. The van der Waals surface area contributed by atoms with Crippen LogP contribution in [-0.4, -0.2) is 22.6 Å². The molecule has 1 saturated heterocycles. The third kappa shape index (κ3) is 1.62. The molecule has 2 heteroatoms. The molecule has 2 aliphatic rings. The van der Waals surface area contributed by atoms with Gasteiger partial charge in [-0.05, 0) is 24.7 Å². The van der Waals surface area contributed by atoms with Gasteiger partial charge in [0, 0.05) is 12.2 Å². The predicted octanol–water partition coefficient (Wildman–Crippen LogP) is 2.22. The summed E-state index contributed by atoms with van der Waals surface area (Å²) in [5.74, 6) is 2.50. The standard InChI is InChI=1S/C9H13NS/c1-2-6-10-8-11-7-3-5-9(10)4-1/h1-2,4,6,9H,3,5,7-8H2. The van der Waals surface area contributed by atoms with E-state index in [0.29, 0.717) is 6.04 Å². The molecule has 0 aromatic rings. The zero-order valence-electron chi connectivity index (χ0n) is 6.57. The van der Waals surface area contributed by atoms with Crippen LogP contribution < -0.4 is 0 Å². The van der Waals surface area contributed by atoms with Crippen LogP contribution >= 0.6 is 11.8 Å². The summed E-state index contributed by atoms with van der Waals surface area (Å²) in [5.41, 5.74) is 0. The number of hydrogen-bond donors (Lipinski definition) is 0. The van der Waals surface area contributed by atoms with Crippen molar-refractivity contribution in [1.29, 1.82) is 0 Å². The summed E-state index contributed by atoms with van der Waals surface area (Å²) in [7, 11) is 0. The second kappa shape index (κ2) is 3.35. The largest absolute Gasteiger partial charge is 0.362 e. The number of nitrogens with zero attached hydrogens (tertiary/aromatic N) is 1. The van der Waals surface area contributed by atoms with Gasteiger partial charge in [0.2, 0.25) is 0 Å². The molecule has 1 nitrogen and oxygen atoms in total. The lowest BCUT2D eigenvalue weighted by atomic mass is 10.1. The van der Waals surface area contributed by atoms with Gasteiger partial charge in [0.05, 0.1) is 5.88 Å². The summed E-state index contributed by atoms with van der Waals surface area (Å²) >= 11 is 2.04. The van der Waals surface area contributed by atoms with Crippen molar-refractivity contribution in [2.45, 2.75) is 18.9 Å². The highest BCUT2D eigenvalue weighted by atomic mass is 32.2. The van der Waals surface area contributed by atoms with Gasteiger partial charge in [0.1, 0.15) is 0 Å². The molecule has 0 aliphatic carbocycles. The van der Waals surface area contributed by atoms with Crippen LogP contribution in [-0.2, 0) is 0 Å². The first-order valence-electron chi connectivity index (χ1n) is 4.15. The average molecular weight is 167 g/mol. The van der Waals surface area contributed by atoms with E-state index < -0.39 is 0 Å². The van der Waals surface area contributed by atoms with Crippen LogP contribution in [0.4, 0.5) is 0 Å². The van der Waals surface area contributed by atoms with Crippen LogP contribution in [0.3, 0.4) is 0 Å². The molecule has 0 spiro atoms. The second-order valence-corrected chi connectivity index (χ2v) is 4.06. The second-order valence-electron chi connectivity index (χ2n) is 2.99. The first-order valence-corrected chi connectivity index (χ1v) is 5.31. The molecule has 0 radical (unpaired) electrons. The molecular weight excluding hydrogens is 154 g/mol. The zero-order valence-corrected chi connectivity index (χ0v) is 7.39. The molecule has 0 aromatic heterocycles. The van der Waals surface area contributed by atoms with Crippen LogP contribution in [0.15, 0.2) is 24.4 Å². The van der Waals surface area contributed by atoms with Crippen molar-refractivity contribution in [1.82, 2.24) is 4.90 Å². The van der Waals surface area contributed by atoms with Gasteiger partial charge in [-0.2, -0.15) is 0 Å². The minimum absolute atomic E-state index is 0.690.